The van der Waals surface area contributed by atoms with Crippen LogP contribution in [0, 0.1) is 0 Å². The molecule has 60 valence electrons. The van der Waals surface area contributed by atoms with Gasteiger partial charge in [0.25, 0.3) is 0 Å². The van der Waals surface area contributed by atoms with Gasteiger partial charge in [-0.05, 0) is 25.8 Å². The lowest BCUT2D eigenvalue weighted by molar-refractivity contribution is -0.144. The lowest BCUT2D eigenvalue weighted by Crippen LogP contribution is -2.23. The summed E-state index contributed by atoms with van der Waals surface area (Å²) in [6, 6.07) is 0. The Balaban J connectivity index is 2.49. The van der Waals surface area contributed by atoms with Gasteiger partial charge in [-0.25, -0.2) is 4.79 Å². The predicted molar refractivity (Wildman–Crippen MR) is 43.1 cm³/mol. The van der Waals surface area contributed by atoms with Crippen molar-refractivity contribution in [1.82, 2.24) is 0 Å². The van der Waals surface area contributed by atoms with Crippen LogP contribution in [0.2, 0.25) is 0 Å². The number of esters is 1. The first-order valence-corrected chi connectivity index (χ1v) is 3.69. The molecule has 2 heteroatoms. The minimum atomic E-state index is -0.384. The third-order valence-electron chi connectivity index (χ3n) is 1.75. The smallest absolute Gasteiger partial charge is 0.331 e. The van der Waals surface area contributed by atoms with Crippen LogP contribution in [0.3, 0.4) is 0 Å². The van der Waals surface area contributed by atoms with E-state index < -0.39 is 0 Å². The summed E-state index contributed by atoms with van der Waals surface area (Å²) in [5, 5.41) is 0. The first-order chi connectivity index (χ1) is 5.16. The van der Waals surface area contributed by atoms with Gasteiger partial charge in [0, 0.05) is 6.08 Å². The molecular weight excluding hydrogens is 140 g/mol. The van der Waals surface area contributed by atoms with Crippen molar-refractivity contribution in [3.8, 4) is 0 Å². The molecule has 0 saturated carbocycles. The molecule has 2 nitrogen and oxygen atoms in total. The van der Waals surface area contributed by atoms with Crippen LogP contribution in [0.25, 0.3) is 0 Å². The van der Waals surface area contributed by atoms with E-state index in [0.717, 1.165) is 12.8 Å². The second-order valence-corrected chi connectivity index (χ2v) is 2.89. The Morgan fingerprint density at radius 3 is 3.00 bits per heavy atom. The maximum Gasteiger partial charge on any atom is 0.331 e. The first-order valence-electron chi connectivity index (χ1n) is 3.69. The van der Waals surface area contributed by atoms with Gasteiger partial charge in [-0.15, -0.1) is 6.58 Å². The molecule has 0 spiro atoms. The van der Waals surface area contributed by atoms with E-state index in [4.69, 9.17) is 4.74 Å². The van der Waals surface area contributed by atoms with Crippen LogP contribution in [0.15, 0.2) is 24.8 Å². The van der Waals surface area contributed by atoms with Crippen molar-refractivity contribution in [3.05, 3.63) is 24.8 Å². The number of carbonyl (C=O) groups is 1. The Morgan fingerprint density at radius 1 is 1.82 bits per heavy atom. The molecule has 0 saturated heterocycles. The Morgan fingerprint density at radius 2 is 2.55 bits per heavy atom. The molecule has 0 aromatic rings. The number of hydrogen-bond donors (Lipinski definition) is 0. The molecule has 0 amide bonds. The zero-order chi connectivity index (χ0) is 8.32. The van der Waals surface area contributed by atoms with Crippen molar-refractivity contribution in [3.63, 3.8) is 0 Å². The standard InChI is InChI=1S/C9H12O2/c1-3-4-6-9(2)7-5-8(10)11-9/h3,5,7H,1,4,6H2,2H3. The van der Waals surface area contributed by atoms with E-state index in [1.807, 2.05) is 13.0 Å². The minimum absolute atomic E-state index is 0.239. The van der Waals surface area contributed by atoms with Gasteiger partial charge in [0.2, 0.25) is 0 Å². The monoisotopic (exact) mass is 152 g/mol. The molecule has 0 aromatic heterocycles. The van der Waals surface area contributed by atoms with Crippen LogP contribution >= 0.6 is 0 Å². The number of carbonyl (C=O) groups excluding carboxylic acids is 1. The highest BCUT2D eigenvalue weighted by atomic mass is 16.6. The molecule has 1 atom stereocenters. The lowest BCUT2D eigenvalue weighted by Gasteiger charge is -2.19. The van der Waals surface area contributed by atoms with Gasteiger partial charge < -0.3 is 4.74 Å². The Kier molecular flexibility index (Phi) is 2.13. The molecule has 1 heterocycles. The molecule has 0 fully saturated rings. The fourth-order valence-corrected chi connectivity index (χ4v) is 1.07. The van der Waals surface area contributed by atoms with Gasteiger partial charge in [-0.2, -0.15) is 0 Å². The second kappa shape index (κ2) is 2.91. The maximum atomic E-state index is 10.7. The second-order valence-electron chi connectivity index (χ2n) is 2.89. The summed E-state index contributed by atoms with van der Waals surface area (Å²) in [4.78, 5) is 10.7. The van der Waals surface area contributed by atoms with Crippen molar-refractivity contribution in [2.24, 2.45) is 0 Å². The van der Waals surface area contributed by atoms with Crippen molar-refractivity contribution >= 4 is 5.97 Å². The van der Waals surface area contributed by atoms with E-state index in [2.05, 4.69) is 6.58 Å². The van der Waals surface area contributed by atoms with Crippen molar-refractivity contribution in [2.45, 2.75) is 25.4 Å². The van der Waals surface area contributed by atoms with E-state index in [9.17, 15) is 4.79 Å². The van der Waals surface area contributed by atoms with Gasteiger partial charge in [0.1, 0.15) is 5.60 Å². The molecule has 0 radical (unpaired) electrons. The molecule has 1 unspecified atom stereocenters. The summed E-state index contributed by atoms with van der Waals surface area (Å²) in [5.41, 5.74) is -0.384. The van der Waals surface area contributed by atoms with Crippen LogP contribution < -0.4 is 0 Å². The quantitative estimate of drug-likeness (QED) is 0.455. The molecule has 0 aliphatic carbocycles. The molecular formula is C9H12O2. The van der Waals surface area contributed by atoms with Crippen molar-refractivity contribution in [1.29, 1.82) is 0 Å². The summed E-state index contributed by atoms with van der Waals surface area (Å²) in [6.07, 6.45) is 6.79. The maximum absolute atomic E-state index is 10.7. The predicted octanol–water partition coefficient (Wildman–Crippen LogP) is 1.82. The highest BCUT2D eigenvalue weighted by molar-refractivity contribution is 5.85. The van der Waals surface area contributed by atoms with E-state index in [0.29, 0.717) is 0 Å². The topological polar surface area (TPSA) is 26.3 Å². The highest BCUT2D eigenvalue weighted by Gasteiger charge is 2.28. The van der Waals surface area contributed by atoms with Crippen LogP contribution in [0.1, 0.15) is 19.8 Å². The molecule has 1 rings (SSSR count). The largest absolute Gasteiger partial charge is 0.452 e. The van der Waals surface area contributed by atoms with Gasteiger partial charge in [-0.3, -0.25) is 0 Å². The van der Waals surface area contributed by atoms with E-state index in [1.165, 1.54) is 6.08 Å². The summed E-state index contributed by atoms with van der Waals surface area (Å²) in [6.45, 7) is 5.51. The Hall–Kier alpha value is -1.05. The normalized spacial score (nSPS) is 28.6. The first kappa shape index (κ1) is 8.05. The third kappa shape index (κ3) is 1.93. The molecule has 0 bridgehead atoms. The van der Waals surface area contributed by atoms with Gasteiger partial charge >= 0.3 is 5.97 Å². The van der Waals surface area contributed by atoms with Gasteiger partial charge in [0.15, 0.2) is 0 Å². The van der Waals surface area contributed by atoms with Crippen LogP contribution in [0.5, 0.6) is 0 Å². The highest BCUT2D eigenvalue weighted by Crippen LogP contribution is 2.24. The third-order valence-corrected chi connectivity index (χ3v) is 1.75. The fraction of sp³-hybridized carbons (Fsp3) is 0.444. The number of allylic oxidation sites excluding steroid dienone is 1. The van der Waals surface area contributed by atoms with Crippen LogP contribution in [0.4, 0.5) is 0 Å². The van der Waals surface area contributed by atoms with E-state index in [1.54, 1.807) is 6.08 Å². The van der Waals surface area contributed by atoms with E-state index in [-0.39, 0.29) is 11.6 Å². The van der Waals surface area contributed by atoms with Crippen molar-refractivity contribution < 1.29 is 9.53 Å². The summed E-state index contributed by atoms with van der Waals surface area (Å²) < 4.78 is 5.05. The summed E-state index contributed by atoms with van der Waals surface area (Å²) in [5.74, 6) is -0.239. The number of ether oxygens (including phenoxy) is 1. The molecule has 11 heavy (non-hydrogen) atoms. The molecule has 0 aromatic carbocycles. The minimum Gasteiger partial charge on any atom is -0.452 e. The van der Waals surface area contributed by atoms with Crippen LogP contribution in [-0.2, 0) is 9.53 Å². The lowest BCUT2D eigenvalue weighted by atomic mass is 10.0. The fourth-order valence-electron chi connectivity index (χ4n) is 1.07. The van der Waals surface area contributed by atoms with Gasteiger partial charge in [-0.1, -0.05) is 6.08 Å². The number of cyclic esters (lactones) is 1. The molecule has 0 N–H and O–H groups in total. The SMILES string of the molecule is C=CCCC1(C)C=CC(=O)O1. The molecule has 1 aliphatic rings. The average Bonchev–Trinajstić information content (AvgIpc) is 2.28. The average molecular weight is 152 g/mol. The zero-order valence-corrected chi connectivity index (χ0v) is 6.67. The number of rotatable bonds is 3. The molecule has 1 aliphatic heterocycles. The summed E-state index contributed by atoms with van der Waals surface area (Å²) in [7, 11) is 0. The van der Waals surface area contributed by atoms with Crippen molar-refractivity contribution in [2.75, 3.05) is 0 Å². The van der Waals surface area contributed by atoms with Crippen LogP contribution in [-0.4, -0.2) is 11.6 Å². The Labute approximate surface area is 66.5 Å². The summed E-state index contributed by atoms with van der Waals surface area (Å²) >= 11 is 0. The van der Waals surface area contributed by atoms with E-state index >= 15 is 0 Å². The zero-order valence-electron chi connectivity index (χ0n) is 6.67. The number of hydrogen-bond acceptors (Lipinski definition) is 2. The Bertz CT molecular complexity index is 206. The van der Waals surface area contributed by atoms with Gasteiger partial charge in [0.05, 0.1) is 0 Å².